The van der Waals surface area contributed by atoms with Gasteiger partial charge in [0.2, 0.25) is 11.8 Å². The van der Waals surface area contributed by atoms with Crippen LogP contribution < -0.4 is 16.4 Å². The summed E-state index contributed by atoms with van der Waals surface area (Å²) in [6.07, 6.45) is 0.547. The van der Waals surface area contributed by atoms with Crippen LogP contribution >= 0.6 is 0 Å². The Bertz CT molecular complexity index is 507. The molecule has 6 heteroatoms. The van der Waals surface area contributed by atoms with Crippen molar-refractivity contribution in [2.75, 3.05) is 19.6 Å². The third-order valence-corrected chi connectivity index (χ3v) is 3.52. The summed E-state index contributed by atoms with van der Waals surface area (Å²) in [5, 5.41) is 5.76. The van der Waals surface area contributed by atoms with Gasteiger partial charge in [-0.3, -0.25) is 9.59 Å². The van der Waals surface area contributed by atoms with Gasteiger partial charge in [-0.05, 0) is 24.1 Å². The Morgan fingerprint density at radius 1 is 1.35 bits per heavy atom. The minimum absolute atomic E-state index is 0.185. The molecule has 0 radical (unpaired) electrons. The zero-order valence-electron chi connectivity index (χ0n) is 11.1. The van der Waals surface area contributed by atoms with Crippen molar-refractivity contribution in [3.05, 3.63) is 35.6 Å². The highest BCUT2D eigenvalue weighted by atomic mass is 19.1. The van der Waals surface area contributed by atoms with Gasteiger partial charge in [-0.15, -0.1) is 0 Å². The standard InChI is InChI=1S/C14H18FN3O2/c15-10-3-1-2-9(6-10)4-5-18-14(20)12-8-17-7-11(12)13(16)19/h1-3,6,11-12,17H,4-5,7-8H2,(H2,16,19)(H,18,20). The number of hydrogen-bond donors (Lipinski definition) is 3. The molecule has 1 saturated heterocycles. The molecule has 0 bridgehead atoms. The average Bonchev–Trinajstić information content (AvgIpc) is 2.88. The van der Waals surface area contributed by atoms with Gasteiger partial charge in [0.1, 0.15) is 5.82 Å². The summed E-state index contributed by atoms with van der Waals surface area (Å²) in [6, 6.07) is 6.26. The zero-order chi connectivity index (χ0) is 14.5. The molecule has 2 atom stereocenters. The van der Waals surface area contributed by atoms with Gasteiger partial charge in [0, 0.05) is 19.6 Å². The van der Waals surface area contributed by atoms with Crippen molar-refractivity contribution < 1.29 is 14.0 Å². The molecule has 1 aliphatic rings. The van der Waals surface area contributed by atoms with Crippen LogP contribution in [0.3, 0.4) is 0 Å². The van der Waals surface area contributed by atoms with Crippen LogP contribution in [0, 0.1) is 17.7 Å². The monoisotopic (exact) mass is 279 g/mol. The van der Waals surface area contributed by atoms with Crippen LogP contribution in [0.4, 0.5) is 4.39 Å². The summed E-state index contributed by atoms with van der Waals surface area (Å²) in [7, 11) is 0. The maximum absolute atomic E-state index is 13.0. The Balaban J connectivity index is 1.82. The Labute approximate surface area is 116 Å². The molecule has 5 nitrogen and oxygen atoms in total. The summed E-state index contributed by atoms with van der Waals surface area (Å²) >= 11 is 0. The number of hydrogen-bond acceptors (Lipinski definition) is 3. The van der Waals surface area contributed by atoms with E-state index in [0.717, 1.165) is 5.56 Å². The lowest BCUT2D eigenvalue weighted by atomic mass is 9.94. The maximum atomic E-state index is 13.0. The number of rotatable bonds is 5. The number of nitrogens with two attached hydrogens (primary N) is 1. The number of primary amides is 1. The Kier molecular flexibility index (Phi) is 4.68. The Morgan fingerprint density at radius 2 is 2.10 bits per heavy atom. The van der Waals surface area contributed by atoms with Crippen molar-refractivity contribution in [2.45, 2.75) is 6.42 Å². The van der Waals surface area contributed by atoms with E-state index in [9.17, 15) is 14.0 Å². The molecule has 0 aliphatic carbocycles. The van der Waals surface area contributed by atoms with Gasteiger partial charge >= 0.3 is 0 Å². The molecule has 1 heterocycles. The number of nitrogens with one attached hydrogen (secondary N) is 2. The number of carbonyl (C=O) groups is 2. The number of halogens is 1. The molecule has 1 aromatic carbocycles. The molecule has 20 heavy (non-hydrogen) atoms. The molecule has 0 saturated carbocycles. The molecule has 2 unspecified atom stereocenters. The van der Waals surface area contributed by atoms with E-state index >= 15 is 0 Å². The average molecular weight is 279 g/mol. The summed E-state index contributed by atoms with van der Waals surface area (Å²) in [6.45, 7) is 1.31. The van der Waals surface area contributed by atoms with Crippen LogP contribution in [-0.2, 0) is 16.0 Å². The van der Waals surface area contributed by atoms with Crippen molar-refractivity contribution in [1.29, 1.82) is 0 Å². The SMILES string of the molecule is NC(=O)C1CNCC1C(=O)NCCc1cccc(F)c1. The highest BCUT2D eigenvalue weighted by Crippen LogP contribution is 2.16. The molecule has 1 aliphatic heterocycles. The Hall–Kier alpha value is -1.95. The van der Waals surface area contributed by atoms with E-state index in [0.29, 0.717) is 26.1 Å². The minimum atomic E-state index is -0.458. The highest BCUT2D eigenvalue weighted by Gasteiger charge is 2.36. The topological polar surface area (TPSA) is 84.2 Å². The van der Waals surface area contributed by atoms with Crippen LogP contribution in [0.1, 0.15) is 5.56 Å². The summed E-state index contributed by atoms with van der Waals surface area (Å²) in [5.41, 5.74) is 6.08. The lowest BCUT2D eigenvalue weighted by Gasteiger charge is -2.15. The van der Waals surface area contributed by atoms with Crippen LogP contribution in [-0.4, -0.2) is 31.4 Å². The number of carbonyl (C=O) groups excluding carboxylic acids is 2. The van der Waals surface area contributed by atoms with Crippen LogP contribution in [0.25, 0.3) is 0 Å². The number of amides is 2. The van der Waals surface area contributed by atoms with Crippen molar-refractivity contribution in [1.82, 2.24) is 10.6 Å². The molecular formula is C14H18FN3O2. The second-order valence-corrected chi connectivity index (χ2v) is 4.94. The molecule has 0 aromatic heterocycles. The minimum Gasteiger partial charge on any atom is -0.369 e. The third kappa shape index (κ3) is 3.54. The van der Waals surface area contributed by atoms with E-state index in [2.05, 4.69) is 10.6 Å². The predicted octanol–water partition coefficient (Wildman–Crippen LogP) is -0.195. The second kappa shape index (κ2) is 6.47. The van der Waals surface area contributed by atoms with Gasteiger partial charge < -0.3 is 16.4 Å². The first-order valence-electron chi connectivity index (χ1n) is 6.60. The molecule has 1 aromatic rings. The van der Waals surface area contributed by atoms with Crippen molar-refractivity contribution in [3.8, 4) is 0 Å². The molecule has 2 rings (SSSR count). The first-order chi connectivity index (χ1) is 9.58. The van der Waals surface area contributed by atoms with Crippen LogP contribution in [0.2, 0.25) is 0 Å². The summed E-state index contributed by atoms with van der Waals surface area (Å²) in [5.74, 6) is -1.80. The Morgan fingerprint density at radius 3 is 2.80 bits per heavy atom. The van der Waals surface area contributed by atoms with Gasteiger partial charge in [0.25, 0.3) is 0 Å². The van der Waals surface area contributed by atoms with Gasteiger partial charge in [-0.2, -0.15) is 0 Å². The van der Waals surface area contributed by atoms with E-state index in [-0.39, 0.29) is 11.7 Å². The van der Waals surface area contributed by atoms with E-state index in [4.69, 9.17) is 5.73 Å². The van der Waals surface area contributed by atoms with Gasteiger partial charge in [0.05, 0.1) is 11.8 Å². The van der Waals surface area contributed by atoms with Crippen LogP contribution in [0.5, 0.6) is 0 Å². The summed E-state index contributed by atoms with van der Waals surface area (Å²) < 4.78 is 13.0. The maximum Gasteiger partial charge on any atom is 0.225 e. The van der Waals surface area contributed by atoms with Crippen LogP contribution in [0.15, 0.2) is 24.3 Å². The molecule has 2 amide bonds. The van der Waals surface area contributed by atoms with Gasteiger partial charge in [-0.25, -0.2) is 4.39 Å². The summed E-state index contributed by atoms with van der Waals surface area (Å²) in [4.78, 5) is 23.2. The highest BCUT2D eigenvalue weighted by molar-refractivity contribution is 5.87. The van der Waals surface area contributed by atoms with Crippen molar-refractivity contribution >= 4 is 11.8 Å². The van der Waals surface area contributed by atoms with Gasteiger partial charge in [-0.1, -0.05) is 12.1 Å². The fourth-order valence-corrected chi connectivity index (χ4v) is 2.41. The molecule has 108 valence electrons. The quantitative estimate of drug-likeness (QED) is 0.698. The second-order valence-electron chi connectivity index (χ2n) is 4.94. The van der Waals surface area contributed by atoms with E-state index < -0.39 is 17.7 Å². The fourth-order valence-electron chi connectivity index (χ4n) is 2.41. The van der Waals surface area contributed by atoms with Crippen molar-refractivity contribution in [3.63, 3.8) is 0 Å². The predicted molar refractivity (Wildman–Crippen MR) is 72.2 cm³/mol. The van der Waals surface area contributed by atoms with Crippen molar-refractivity contribution in [2.24, 2.45) is 17.6 Å². The lowest BCUT2D eigenvalue weighted by molar-refractivity contribution is -0.131. The number of benzene rings is 1. The largest absolute Gasteiger partial charge is 0.369 e. The molecule has 0 spiro atoms. The van der Waals surface area contributed by atoms with E-state index in [1.54, 1.807) is 12.1 Å². The first-order valence-corrected chi connectivity index (χ1v) is 6.60. The molecule has 1 fully saturated rings. The fraction of sp³-hybridized carbons (Fsp3) is 0.429. The van der Waals surface area contributed by atoms with E-state index in [1.807, 2.05) is 0 Å². The first kappa shape index (κ1) is 14.5. The van der Waals surface area contributed by atoms with E-state index in [1.165, 1.54) is 12.1 Å². The molecular weight excluding hydrogens is 261 g/mol. The smallest absolute Gasteiger partial charge is 0.225 e. The zero-order valence-corrected chi connectivity index (χ0v) is 11.1. The molecule has 4 N–H and O–H groups in total. The third-order valence-electron chi connectivity index (χ3n) is 3.52. The lowest BCUT2D eigenvalue weighted by Crippen LogP contribution is -2.40. The van der Waals surface area contributed by atoms with Gasteiger partial charge in [0.15, 0.2) is 0 Å². The normalized spacial score (nSPS) is 21.6.